The molecule has 0 aromatic heterocycles. The van der Waals surface area contributed by atoms with Crippen LogP contribution >= 0.6 is 0 Å². The highest BCUT2D eigenvalue weighted by atomic mass is 19.4. The number of rotatable bonds is 0. The molecule has 16 heavy (non-hydrogen) atoms. The minimum absolute atomic E-state index is 0.0219. The molecule has 1 heterocycles. The van der Waals surface area contributed by atoms with E-state index in [2.05, 4.69) is 0 Å². The molecule has 0 saturated carbocycles. The quantitative estimate of drug-likeness (QED) is 0.420. The highest BCUT2D eigenvalue weighted by Crippen LogP contribution is 2.22. The Bertz CT molecular complexity index is 374. The van der Waals surface area contributed by atoms with Crippen LogP contribution in [0.1, 0.15) is 5.56 Å². The number of para-hydroxylation sites is 1. The number of benzene rings is 1. The molecule has 0 radical (unpaired) electrons. The van der Waals surface area contributed by atoms with E-state index in [0.29, 0.717) is 12.2 Å². The maximum absolute atomic E-state index is 10.9. The van der Waals surface area contributed by atoms with E-state index in [-0.39, 0.29) is 5.71 Å². The number of carbonyl (C=O) groups is 1. The molecule has 1 aliphatic heterocycles. The van der Waals surface area contributed by atoms with Crippen molar-refractivity contribution in [2.24, 2.45) is 0 Å². The number of carbonyl (C=O) groups excluding carboxylic acids is 1. The fourth-order valence-corrected chi connectivity index (χ4v) is 1.17. The molecule has 0 bridgehead atoms. The van der Waals surface area contributed by atoms with Crippen LogP contribution in [0, 0.1) is 5.41 Å². The van der Waals surface area contributed by atoms with Crippen LogP contribution in [0.2, 0.25) is 0 Å². The number of ether oxygens (including phenoxy) is 1. The van der Waals surface area contributed by atoms with E-state index in [9.17, 15) is 17.7 Å². The summed E-state index contributed by atoms with van der Waals surface area (Å²) in [5, 5.41) is 7.25. The van der Waals surface area contributed by atoms with E-state index < -0.39 is 13.5 Å². The number of fused-ring (bicyclic) bond motifs is 1. The summed E-state index contributed by atoms with van der Waals surface area (Å²) < 4.78 is 33.9. The summed E-state index contributed by atoms with van der Waals surface area (Å²) in [5.41, 5.74) is 0.927. The summed E-state index contributed by atoms with van der Waals surface area (Å²) in [6, 6.07) is 7.27. The SMILES string of the molecule is FB(F)F.N=C1Cc2ccccc2OC1=O. The molecular weight excluding hydrogens is 222 g/mol. The van der Waals surface area contributed by atoms with Crippen molar-refractivity contribution in [1.82, 2.24) is 0 Å². The molecule has 0 spiro atoms. The predicted octanol–water partition coefficient (Wildman–Crippen LogP) is 2.05. The predicted molar refractivity (Wildman–Crippen MR) is 52.6 cm³/mol. The van der Waals surface area contributed by atoms with Crippen molar-refractivity contribution in [2.75, 3.05) is 0 Å². The lowest BCUT2D eigenvalue weighted by Crippen LogP contribution is -2.26. The summed E-state index contributed by atoms with van der Waals surface area (Å²) in [6.07, 6.45) is 0.384. The Morgan fingerprint density at radius 3 is 2.44 bits per heavy atom. The molecule has 84 valence electrons. The lowest BCUT2D eigenvalue weighted by Gasteiger charge is -2.14. The van der Waals surface area contributed by atoms with Crippen LogP contribution in [-0.2, 0) is 11.2 Å². The fourth-order valence-electron chi connectivity index (χ4n) is 1.17. The van der Waals surface area contributed by atoms with Gasteiger partial charge in [0, 0.05) is 12.0 Å². The minimum Gasteiger partial charge on any atom is -0.422 e. The highest BCUT2D eigenvalue weighted by molar-refractivity contribution is 6.37. The van der Waals surface area contributed by atoms with Crippen molar-refractivity contribution in [3.05, 3.63) is 29.8 Å². The van der Waals surface area contributed by atoms with Gasteiger partial charge in [0.15, 0.2) is 0 Å². The normalized spacial score (nSPS) is 13.2. The molecule has 1 aromatic rings. The van der Waals surface area contributed by atoms with E-state index in [1.807, 2.05) is 12.1 Å². The Labute approximate surface area is 90.0 Å². The Morgan fingerprint density at radius 1 is 1.25 bits per heavy atom. The second-order valence-electron chi connectivity index (χ2n) is 2.90. The van der Waals surface area contributed by atoms with Gasteiger partial charge in [-0.1, -0.05) is 18.2 Å². The first-order valence-corrected chi connectivity index (χ1v) is 4.30. The van der Waals surface area contributed by atoms with Crippen molar-refractivity contribution >= 4 is 19.2 Å². The second-order valence-corrected chi connectivity index (χ2v) is 2.90. The zero-order valence-corrected chi connectivity index (χ0v) is 8.04. The topological polar surface area (TPSA) is 50.1 Å². The Balaban J connectivity index is 0.000000280. The van der Waals surface area contributed by atoms with Crippen LogP contribution in [0.25, 0.3) is 0 Å². The van der Waals surface area contributed by atoms with Gasteiger partial charge in [-0.2, -0.15) is 0 Å². The zero-order valence-electron chi connectivity index (χ0n) is 8.04. The molecule has 0 aliphatic carbocycles. The van der Waals surface area contributed by atoms with Gasteiger partial charge >= 0.3 is 13.5 Å². The van der Waals surface area contributed by atoms with E-state index >= 15 is 0 Å². The van der Waals surface area contributed by atoms with Crippen molar-refractivity contribution in [3.63, 3.8) is 0 Å². The first-order chi connectivity index (χ1) is 7.50. The molecule has 7 heteroatoms. The average Bonchev–Trinajstić information content (AvgIpc) is 2.19. The monoisotopic (exact) mass is 229 g/mol. The number of nitrogens with one attached hydrogen (secondary N) is 1. The lowest BCUT2D eigenvalue weighted by atomic mass is 10.1. The highest BCUT2D eigenvalue weighted by Gasteiger charge is 2.21. The third-order valence-electron chi connectivity index (χ3n) is 1.79. The van der Waals surface area contributed by atoms with Gasteiger partial charge < -0.3 is 4.74 Å². The summed E-state index contributed by atoms with van der Waals surface area (Å²) in [5.74, 6) is 0.0483. The molecular formula is C9H7BF3NO2. The number of esters is 1. The molecule has 0 amide bonds. The summed E-state index contributed by atoms with van der Waals surface area (Å²) >= 11 is 0. The largest absolute Gasteiger partial charge is 0.762 e. The van der Waals surface area contributed by atoms with Crippen molar-refractivity contribution in [2.45, 2.75) is 6.42 Å². The van der Waals surface area contributed by atoms with Crippen LogP contribution in [0.3, 0.4) is 0 Å². The molecule has 2 rings (SSSR count). The van der Waals surface area contributed by atoms with Crippen molar-refractivity contribution in [1.29, 1.82) is 5.41 Å². The van der Waals surface area contributed by atoms with Crippen LogP contribution in [-0.4, -0.2) is 19.2 Å². The van der Waals surface area contributed by atoms with Crippen molar-refractivity contribution < 1.29 is 22.5 Å². The molecule has 0 saturated heterocycles. The van der Waals surface area contributed by atoms with Gasteiger partial charge in [0.1, 0.15) is 11.5 Å². The number of halogens is 3. The van der Waals surface area contributed by atoms with E-state index in [1.54, 1.807) is 12.1 Å². The van der Waals surface area contributed by atoms with Gasteiger partial charge in [-0.05, 0) is 6.07 Å². The van der Waals surface area contributed by atoms with Gasteiger partial charge in [0.25, 0.3) is 0 Å². The van der Waals surface area contributed by atoms with Gasteiger partial charge in [-0.3, -0.25) is 18.4 Å². The zero-order chi connectivity index (χ0) is 12.1. The Morgan fingerprint density at radius 2 is 1.81 bits per heavy atom. The molecule has 3 nitrogen and oxygen atoms in total. The molecule has 0 fully saturated rings. The van der Waals surface area contributed by atoms with Crippen LogP contribution in [0.5, 0.6) is 5.75 Å². The van der Waals surface area contributed by atoms with Crippen LogP contribution in [0.15, 0.2) is 24.3 Å². The van der Waals surface area contributed by atoms with Gasteiger partial charge in [-0.25, -0.2) is 4.79 Å². The van der Waals surface area contributed by atoms with Crippen molar-refractivity contribution in [3.8, 4) is 5.75 Å². The smallest absolute Gasteiger partial charge is 0.422 e. The lowest BCUT2D eigenvalue weighted by molar-refractivity contribution is -0.127. The summed E-state index contributed by atoms with van der Waals surface area (Å²) in [4.78, 5) is 10.9. The maximum atomic E-state index is 10.9. The summed E-state index contributed by atoms with van der Waals surface area (Å²) in [7, 11) is -3.67. The first-order valence-electron chi connectivity index (χ1n) is 4.30. The standard InChI is InChI=1S/C9H7NO2.BF3/c10-7-5-6-3-1-2-4-8(6)12-9(7)11;2-1(3)4/h1-4,10H,5H2;. The molecule has 1 N–H and O–H groups in total. The minimum atomic E-state index is -3.67. The van der Waals surface area contributed by atoms with Gasteiger partial charge in [-0.15, -0.1) is 0 Å². The fraction of sp³-hybridized carbons (Fsp3) is 0.111. The molecule has 0 unspecified atom stereocenters. The average molecular weight is 229 g/mol. The maximum Gasteiger partial charge on any atom is 0.762 e. The molecule has 1 aliphatic rings. The summed E-state index contributed by atoms with van der Waals surface area (Å²) in [6.45, 7) is 0. The van der Waals surface area contributed by atoms with Gasteiger partial charge in [0.2, 0.25) is 0 Å². The van der Waals surface area contributed by atoms with E-state index in [1.165, 1.54) is 0 Å². The van der Waals surface area contributed by atoms with Crippen LogP contribution in [0.4, 0.5) is 12.9 Å². The van der Waals surface area contributed by atoms with Crippen LogP contribution < -0.4 is 4.74 Å². The van der Waals surface area contributed by atoms with E-state index in [4.69, 9.17) is 10.1 Å². The third kappa shape index (κ3) is 3.41. The second kappa shape index (κ2) is 5.34. The third-order valence-corrected chi connectivity index (χ3v) is 1.79. The Kier molecular flexibility index (Phi) is 4.10. The Hall–Kier alpha value is -1.79. The first kappa shape index (κ1) is 12.3. The number of hydrogen-bond donors (Lipinski definition) is 1. The molecule has 0 atom stereocenters. The molecule has 1 aromatic carbocycles. The number of hydrogen-bond acceptors (Lipinski definition) is 3. The van der Waals surface area contributed by atoms with Gasteiger partial charge in [0.05, 0.1) is 0 Å². The van der Waals surface area contributed by atoms with E-state index in [0.717, 1.165) is 5.56 Å².